The first kappa shape index (κ1) is 14.1. The summed E-state index contributed by atoms with van der Waals surface area (Å²) in [4.78, 5) is 0. The molecule has 4 nitrogen and oxygen atoms in total. The van der Waals surface area contributed by atoms with Gasteiger partial charge in [0.1, 0.15) is 0 Å². The monoisotopic (exact) mass is 259 g/mol. The molecular weight excluding hydrogens is 242 g/mol. The molecule has 1 rings (SSSR count). The number of hydrogen-bond donors (Lipinski definition) is 2. The van der Waals surface area contributed by atoms with Gasteiger partial charge in [-0.25, -0.2) is 0 Å². The summed E-state index contributed by atoms with van der Waals surface area (Å²) in [5, 5.41) is 9.65. The second-order valence-electron chi connectivity index (χ2n) is 3.63. The first-order valence-electron chi connectivity index (χ1n) is 5.40. The van der Waals surface area contributed by atoms with Crippen LogP contribution in [0.2, 0.25) is 5.02 Å². The highest BCUT2D eigenvalue weighted by atomic mass is 35.5. The molecule has 0 aliphatic rings. The van der Waals surface area contributed by atoms with Gasteiger partial charge in [-0.1, -0.05) is 18.5 Å². The van der Waals surface area contributed by atoms with Crippen molar-refractivity contribution in [3.8, 4) is 11.5 Å². The van der Waals surface area contributed by atoms with Gasteiger partial charge in [0.05, 0.1) is 26.9 Å². The fourth-order valence-corrected chi connectivity index (χ4v) is 2.25. The summed E-state index contributed by atoms with van der Waals surface area (Å²) in [5.41, 5.74) is 7.45. The summed E-state index contributed by atoms with van der Waals surface area (Å²) in [7, 11) is 3.12. The summed E-state index contributed by atoms with van der Waals surface area (Å²) >= 11 is 6.17. The minimum absolute atomic E-state index is 0.164. The van der Waals surface area contributed by atoms with Gasteiger partial charge in [0.2, 0.25) is 0 Å². The Balaban J connectivity index is 3.48. The zero-order chi connectivity index (χ0) is 13.0. The molecule has 3 N–H and O–H groups in total. The van der Waals surface area contributed by atoms with Gasteiger partial charge in [-0.15, -0.1) is 0 Å². The van der Waals surface area contributed by atoms with E-state index in [2.05, 4.69) is 0 Å². The molecule has 1 unspecified atom stereocenters. The Morgan fingerprint density at radius 2 is 2.06 bits per heavy atom. The summed E-state index contributed by atoms with van der Waals surface area (Å²) in [6, 6.07) is 1.14. The fourth-order valence-electron chi connectivity index (χ4n) is 1.89. The summed E-state index contributed by atoms with van der Waals surface area (Å²) in [5.74, 6) is 1.20. The Morgan fingerprint density at radius 3 is 2.47 bits per heavy atom. The van der Waals surface area contributed by atoms with Gasteiger partial charge in [-0.3, -0.25) is 0 Å². The van der Waals surface area contributed by atoms with Gasteiger partial charge in [-0.05, 0) is 12.0 Å². The van der Waals surface area contributed by atoms with E-state index in [4.69, 9.17) is 31.9 Å². The number of rotatable bonds is 5. The van der Waals surface area contributed by atoms with E-state index in [0.717, 1.165) is 5.56 Å². The molecule has 1 atom stereocenters. The van der Waals surface area contributed by atoms with Crippen molar-refractivity contribution < 1.29 is 14.6 Å². The van der Waals surface area contributed by atoms with E-state index in [9.17, 15) is 0 Å². The zero-order valence-corrected chi connectivity index (χ0v) is 11.0. The molecule has 0 heterocycles. The Labute approximate surface area is 106 Å². The summed E-state index contributed by atoms with van der Waals surface area (Å²) in [6.45, 7) is 1.81. The van der Waals surface area contributed by atoms with Gasteiger partial charge in [0.25, 0.3) is 0 Å². The maximum absolute atomic E-state index is 9.17. The van der Waals surface area contributed by atoms with Crippen LogP contribution >= 0.6 is 11.6 Å². The number of halogens is 1. The van der Waals surface area contributed by atoms with Crippen LogP contribution in [-0.4, -0.2) is 25.9 Å². The molecule has 96 valence electrons. The van der Waals surface area contributed by atoms with Crippen molar-refractivity contribution in [3.63, 3.8) is 0 Å². The van der Waals surface area contributed by atoms with Gasteiger partial charge in [0, 0.05) is 16.7 Å². The highest BCUT2D eigenvalue weighted by molar-refractivity contribution is 6.31. The van der Waals surface area contributed by atoms with Crippen LogP contribution in [0.4, 0.5) is 0 Å². The van der Waals surface area contributed by atoms with Crippen molar-refractivity contribution in [2.24, 2.45) is 5.73 Å². The molecule has 17 heavy (non-hydrogen) atoms. The van der Waals surface area contributed by atoms with Crippen molar-refractivity contribution in [1.29, 1.82) is 0 Å². The first-order valence-corrected chi connectivity index (χ1v) is 5.78. The van der Waals surface area contributed by atoms with Crippen LogP contribution in [-0.2, 0) is 6.42 Å². The smallest absolute Gasteiger partial charge is 0.164 e. The lowest BCUT2D eigenvalue weighted by molar-refractivity contribution is 0.266. The van der Waals surface area contributed by atoms with Crippen molar-refractivity contribution in [2.75, 3.05) is 20.8 Å². The maximum Gasteiger partial charge on any atom is 0.164 e. The molecule has 0 saturated carbocycles. The van der Waals surface area contributed by atoms with Gasteiger partial charge in [-0.2, -0.15) is 0 Å². The van der Waals surface area contributed by atoms with E-state index in [1.807, 2.05) is 6.92 Å². The molecule has 0 bridgehead atoms. The molecule has 0 aliphatic heterocycles. The molecule has 5 heteroatoms. The molecule has 0 aromatic heterocycles. The minimum Gasteiger partial charge on any atom is -0.493 e. The second-order valence-corrected chi connectivity index (χ2v) is 4.04. The number of aliphatic hydroxyl groups is 1. The highest BCUT2D eigenvalue weighted by Gasteiger charge is 2.21. The summed E-state index contributed by atoms with van der Waals surface area (Å²) < 4.78 is 10.5. The van der Waals surface area contributed by atoms with E-state index in [1.165, 1.54) is 0 Å². The summed E-state index contributed by atoms with van der Waals surface area (Å²) in [6.07, 6.45) is 0.698. The number of benzene rings is 1. The average molecular weight is 260 g/mol. The minimum atomic E-state index is -0.516. The number of methoxy groups -OCH3 is 2. The van der Waals surface area contributed by atoms with Crippen LogP contribution in [0.5, 0.6) is 11.5 Å². The topological polar surface area (TPSA) is 64.7 Å². The average Bonchev–Trinajstić information content (AvgIpc) is 2.36. The maximum atomic E-state index is 9.17. The quantitative estimate of drug-likeness (QED) is 0.848. The fraction of sp³-hybridized carbons (Fsp3) is 0.500. The van der Waals surface area contributed by atoms with Crippen molar-refractivity contribution in [3.05, 3.63) is 22.2 Å². The first-order chi connectivity index (χ1) is 8.10. The van der Waals surface area contributed by atoms with Crippen molar-refractivity contribution in [2.45, 2.75) is 19.4 Å². The molecule has 0 spiro atoms. The molecule has 1 aromatic carbocycles. The lowest BCUT2D eigenvalue weighted by Crippen LogP contribution is -2.17. The van der Waals surface area contributed by atoms with Gasteiger partial charge in [0.15, 0.2) is 11.5 Å². The van der Waals surface area contributed by atoms with Crippen LogP contribution < -0.4 is 15.2 Å². The second kappa shape index (κ2) is 6.10. The Morgan fingerprint density at radius 1 is 1.41 bits per heavy atom. The molecular formula is C12H18ClNO3. The van der Waals surface area contributed by atoms with E-state index in [1.54, 1.807) is 20.3 Å². The normalized spacial score (nSPS) is 12.4. The third-order valence-corrected chi connectivity index (χ3v) is 3.00. The van der Waals surface area contributed by atoms with Crippen LogP contribution in [0.25, 0.3) is 0 Å². The SMILES string of the molecule is CCc1c(OC)c(OC)cc(Cl)c1C(N)CO. The van der Waals surface area contributed by atoms with E-state index >= 15 is 0 Å². The standard InChI is InChI=1S/C12H18ClNO3/c1-4-7-11(9(14)6-15)8(13)5-10(16-2)12(7)17-3/h5,9,15H,4,6,14H2,1-3H3. The molecule has 0 fully saturated rings. The van der Waals surface area contributed by atoms with Gasteiger partial charge < -0.3 is 20.3 Å². The third kappa shape index (κ3) is 2.65. The molecule has 0 aliphatic carbocycles. The number of ether oxygens (including phenoxy) is 2. The van der Waals surface area contributed by atoms with Gasteiger partial charge >= 0.3 is 0 Å². The molecule has 1 aromatic rings. The number of nitrogens with two attached hydrogens (primary N) is 1. The van der Waals surface area contributed by atoms with Crippen LogP contribution in [0.3, 0.4) is 0 Å². The van der Waals surface area contributed by atoms with Crippen molar-refractivity contribution >= 4 is 11.6 Å². The Hall–Kier alpha value is -0.970. The molecule has 0 saturated heterocycles. The van der Waals surface area contributed by atoms with Crippen LogP contribution in [0, 0.1) is 0 Å². The van der Waals surface area contributed by atoms with E-state index in [-0.39, 0.29) is 6.61 Å². The molecule has 0 amide bonds. The predicted octanol–water partition coefficient (Wildman–Crippen LogP) is 1.91. The van der Waals surface area contributed by atoms with Crippen molar-refractivity contribution in [1.82, 2.24) is 0 Å². The third-order valence-electron chi connectivity index (χ3n) is 2.68. The number of aliphatic hydroxyl groups excluding tert-OH is 1. The predicted molar refractivity (Wildman–Crippen MR) is 67.9 cm³/mol. The largest absolute Gasteiger partial charge is 0.493 e. The van der Waals surface area contributed by atoms with E-state index < -0.39 is 6.04 Å². The zero-order valence-electron chi connectivity index (χ0n) is 10.3. The Bertz CT molecular complexity index is 396. The van der Waals surface area contributed by atoms with E-state index in [0.29, 0.717) is 28.5 Å². The lowest BCUT2D eigenvalue weighted by Gasteiger charge is -2.20. The Kier molecular flexibility index (Phi) is 5.05. The highest BCUT2D eigenvalue weighted by Crippen LogP contribution is 2.40. The van der Waals surface area contributed by atoms with Crippen LogP contribution in [0.1, 0.15) is 24.1 Å². The number of hydrogen-bond acceptors (Lipinski definition) is 4. The lowest BCUT2D eigenvalue weighted by atomic mass is 9.97. The van der Waals surface area contributed by atoms with Crippen LogP contribution in [0.15, 0.2) is 6.07 Å². The molecule has 0 radical (unpaired) electrons.